The summed E-state index contributed by atoms with van der Waals surface area (Å²) in [7, 11) is 0. The maximum atomic E-state index is 13.1. The molecule has 2 amide bonds. The van der Waals surface area contributed by atoms with Gasteiger partial charge in [0.1, 0.15) is 5.25 Å². The van der Waals surface area contributed by atoms with E-state index in [0.717, 1.165) is 16.5 Å². The molecule has 3 aromatic carbocycles. The zero-order valence-electron chi connectivity index (χ0n) is 17.6. The SMILES string of the molecule is CC(=CC(=O)Nc1ccc(SC(C(=O)Nc2ccc(Cl)cc2)c2ccccc2)cc1)C(=O)O. The van der Waals surface area contributed by atoms with E-state index < -0.39 is 17.1 Å². The third-order valence-electron chi connectivity index (χ3n) is 4.51. The van der Waals surface area contributed by atoms with Gasteiger partial charge in [0.05, 0.1) is 0 Å². The molecular formula is C25H21ClN2O4S. The van der Waals surface area contributed by atoms with Crippen molar-refractivity contribution >= 4 is 52.5 Å². The molecule has 0 radical (unpaired) electrons. The van der Waals surface area contributed by atoms with E-state index >= 15 is 0 Å². The molecule has 0 aliphatic rings. The number of halogens is 1. The fourth-order valence-corrected chi connectivity index (χ4v) is 3.98. The van der Waals surface area contributed by atoms with Crippen LogP contribution >= 0.6 is 23.4 Å². The second kappa shape index (κ2) is 11.4. The minimum absolute atomic E-state index is 0.0583. The van der Waals surface area contributed by atoms with Crippen LogP contribution in [0.1, 0.15) is 17.7 Å². The maximum Gasteiger partial charge on any atom is 0.331 e. The molecule has 0 fully saturated rings. The highest BCUT2D eigenvalue weighted by atomic mass is 35.5. The van der Waals surface area contributed by atoms with Gasteiger partial charge in [0.2, 0.25) is 11.8 Å². The zero-order valence-corrected chi connectivity index (χ0v) is 19.2. The quantitative estimate of drug-likeness (QED) is 0.280. The van der Waals surface area contributed by atoms with E-state index in [1.807, 2.05) is 30.3 Å². The lowest BCUT2D eigenvalue weighted by molar-refractivity contribution is -0.132. The number of carbonyl (C=O) groups is 3. The molecule has 3 N–H and O–H groups in total. The van der Waals surface area contributed by atoms with Crippen LogP contribution in [-0.2, 0) is 14.4 Å². The normalized spacial score (nSPS) is 12.0. The second-order valence-corrected chi connectivity index (χ2v) is 8.67. The van der Waals surface area contributed by atoms with Gasteiger partial charge in [-0.2, -0.15) is 0 Å². The summed E-state index contributed by atoms with van der Waals surface area (Å²) in [6, 6.07) is 23.3. The second-order valence-electron chi connectivity index (χ2n) is 7.05. The lowest BCUT2D eigenvalue weighted by Crippen LogP contribution is -2.19. The van der Waals surface area contributed by atoms with Gasteiger partial charge in [0, 0.05) is 32.9 Å². The number of hydrogen-bond donors (Lipinski definition) is 3. The van der Waals surface area contributed by atoms with Crippen molar-refractivity contribution in [2.24, 2.45) is 0 Å². The molecule has 33 heavy (non-hydrogen) atoms. The Morgan fingerprint density at radius 2 is 1.45 bits per heavy atom. The van der Waals surface area contributed by atoms with Gasteiger partial charge in [0.25, 0.3) is 0 Å². The molecular weight excluding hydrogens is 460 g/mol. The number of anilines is 2. The highest BCUT2D eigenvalue weighted by Gasteiger charge is 2.22. The monoisotopic (exact) mass is 480 g/mol. The number of carboxylic acids is 1. The number of aliphatic carboxylic acids is 1. The molecule has 0 aliphatic carbocycles. The van der Waals surface area contributed by atoms with Crippen LogP contribution in [0.5, 0.6) is 0 Å². The number of carbonyl (C=O) groups excluding carboxylic acids is 2. The Morgan fingerprint density at radius 3 is 2.06 bits per heavy atom. The third-order valence-corrected chi connectivity index (χ3v) is 6.03. The first-order valence-corrected chi connectivity index (χ1v) is 11.2. The number of carboxylic acid groups (broad SMARTS) is 1. The first-order valence-electron chi connectivity index (χ1n) is 9.92. The van der Waals surface area contributed by atoms with Gasteiger partial charge in [-0.3, -0.25) is 9.59 Å². The predicted octanol–water partition coefficient (Wildman–Crippen LogP) is 5.78. The highest BCUT2D eigenvalue weighted by Crippen LogP contribution is 2.36. The van der Waals surface area contributed by atoms with Crippen molar-refractivity contribution in [2.75, 3.05) is 10.6 Å². The molecule has 0 aliphatic heterocycles. The Labute approximate surface area is 200 Å². The van der Waals surface area contributed by atoms with Crippen LogP contribution in [0, 0.1) is 0 Å². The molecule has 6 nitrogen and oxygen atoms in total. The number of benzene rings is 3. The molecule has 0 aromatic heterocycles. The lowest BCUT2D eigenvalue weighted by atomic mass is 10.1. The summed E-state index contributed by atoms with van der Waals surface area (Å²) in [4.78, 5) is 36.7. The van der Waals surface area contributed by atoms with E-state index in [0.29, 0.717) is 16.4 Å². The minimum Gasteiger partial charge on any atom is -0.478 e. The van der Waals surface area contributed by atoms with Crippen molar-refractivity contribution in [1.82, 2.24) is 0 Å². The van der Waals surface area contributed by atoms with Crippen LogP contribution in [0.4, 0.5) is 11.4 Å². The van der Waals surface area contributed by atoms with Crippen LogP contribution in [0.2, 0.25) is 5.02 Å². The summed E-state index contributed by atoms with van der Waals surface area (Å²) < 4.78 is 0. The molecule has 0 heterocycles. The van der Waals surface area contributed by atoms with Crippen molar-refractivity contribution in [3.63, 3.8) is 0 Å². The number of thioether (sulfide) groups is 1. The summed E-state index contributed by atoms with van der Waals surface area (Å²) in [6.45, 7) is 1.35. The average molecular weight is 481 g/mol. The number of rotatable bonds is 8. The zero-order chi connectivity index (χ0) is 23.8. The molecule has 168 valence electrons. The molecule has 1 unspecified atom stereocenters. The predicted molar refractivity (Wildman–Crippen MR) is 132 cm³/mol. The smallest absolute Gasteiger partial charge is 0.331 e. The summed E-state index contributed by atoms with van der Waals surface area (Å²) in [5.74, 6) is -1.86. The summed E-state index contributed by atoms with van der Waals surface area (Å²) in [6.07, 6.45) is 1.03. The first-order chi connectivity index (χ1) is 15.8. The summed E-state index contributed by atoms with van der Waals surface area (Å²) in [5, 5.41) is 14.5. The van der Waals surface area contributed by atoms with Crippen LogP contribution in [0.3, 0.4) is 0 Å². The van der Waals surface area contributed by atoms with Crippen molar-refractivity contribution in [1.29, 1.82) is 0 Å². The van der Waals surface area contributed by atoms with Crippen LogP contribution in [-0.4, -0.2) is 22.9 Å². The lowest BCUT2D eigenvalue weighted by Gasteiger charge is -2.17. The maximum absolute atomic E-state index is 13.1. The third kappa shape index (κ3) is 7.24. The number of nitrogens with one attached hydrogen (secondary N) is 2. The molecule has 0 saturated carbocycles. The standard InChI is InChI=1S/C25H21ClN2O4S/c1-16(25(31)32)15-22(29)27-19-11-13-21(14-12-19)33-23(17-5-3-2-4-6-17)24(30)28-20-9-7-18(26)8-10-20/h2-15,23H,1H3,(H,27,29)(H,28,30)(H,31,32). The Balaban J connectivity index is 1.74. The fraction of sp³-hybridized carbons (Fsp3) is 0.0800. The van der Waals surface area contributed by atoms with Gasteiger partial charge in [-0.15, -0.1) is 11.8 Å². The van der Waals surface area contributed by atoms with Gasteiger partial charge < -0.3 is 15.7 Å². The van der Waals surface area contributed by atoms with Crippen molar-refractivity contribution in [3.8, 4) is 0 Å². The molecule has 0 saturated heterocycles. The van der Waals surface area contributed by atoms with E-state index in [1.165, 1.54) is 18.7 Å². The van der Waals surface area contributed by atoms with Crippen LogP contribution < -0.4 is 10.6 Å². The Bertz CT molecular complexity index is 1160. The van der Waals surface area contributed by atoms with E-state index in [1.54, 1.807) is 48.5 Å². The minimum atomic E-state index is -1.15. The number of amides is 2. The topological polar surface area (TPSA) is 95.5 Å². The van der Waals surface area contributed by atoms with Crippen LogP contribution in [0.25, 0.3) is 0 Å². The van der Waals surface area contributed by atoms with Crippen LogP contribution in [0.15, 0.2) is 95.4 Å². The Kier molecular flexibility index (Phi) is 8.29. The highest BCUT2D eigenvalue weighted by molar-refractivity contribution is 8.00. The summed E-state index contributed by atoms with van der Waals surface area (Å²) in [5.41, 5.74) is 1.95. The van der Waals surface area contributed by atoms with Gasteiger partial charge in [-0.25, -0.2) is 4.79 Å². The van der Waals surface area contributed by atoms with Crippen molar-refractivity contribution < 1.29 is 19.5 Å². The molecule has 0 bridgehead atoms. The molecule has 8 heteroatoms. The van der Waals surface area contributed by atoms with Gasteiger partial charge in [-0.05, 0) is 61.0 Å². The first kappa shape index (κ1) is 24.1. The van der Waals surface area contributed by atoms with E-state index in [9.17, 15) is 14.4 Å². The molecule has 1 atom stereocenters. The van der Waals surface area contributed by atoms with Gasteiger partial charge in [0.15, 0.2) is 0 Å². The molecule has 3 rings (SSSR count). The average Bonchev–Trinajstić information content (AvgIpc) is 2.80. The van der Waals surface area contributed by atoms with Crippen molar-refractivity contribution in [2.45, 2.75) is 17.1 Å². The van der Waals surface area contributed by atoms with Crippen molar-refractivity contribution in [3.05, 3.63) is 101 Å². The fourth-order valence-electron chi connectivity index (χ4n) is 2.83. The molecule has 0 spiro atoms. The van der Waals surface area contributed by atoms with Gasteiger partial charge >= 0.3 is 5.97 Å². The van der Waals surface area contributed by atoms with E-state index in [2.05, 4.69) is 10.6 Å². The Morgan fingerprint density at radius 1 is 0.879 bits per heavy atom. The van der Waals surface area contributed by atoms with E-state index in [4.69, 9.17) is 16.7 Å². The summed E-state index contributed by atoms with van der Waals surface area (Å²) >= 11 is 7.30. The Hall–Kier alpha value is -3.55. The van der Waals surface area contributed by atoms with E-state index in [-0.39, 0.29) is 11.5 Å². The van der Waals surface area contributed by atoms with Gasteiger partial charge in [-0.1, -0.05) is 41.9 Å². The molecule has 3 aromatic rings. The number of hydrogen-bond acceptors (Lipinski definition) is 4. The largest absolute Gasteiger partial charge is 0.478 e.